The minimum Gasteiger partial charge on any atom is -0.380 e. The first-order valence-electron chi connectivity index (χ1n) is 10.8. The summed E-state index contributed by atoms with van der Waals surface area (Å²) in [5.74, 6) is 0.601. The smallest absolute Gasteiger partial charge is 0.194 e. The molecule has 6 nitrogen and oxygen atoms in total. The Balaban J connectivity index is 1.38. The molecule has 2 heterocycles. The summed E-state index contributed by atoms with van der Waals surface area (Å²) in [6.07, 6.45) is 0.176. The Morgan fingerprint density at radius 2 is 2.03 bits per heavy atom. The van der Waals surface area contributed by atoms with E-state index in [1.807, 2.05) is 6.07 Å². The Bertz CT molecular complexity index is 892. The summed E-state index contributed by atoms with van der Waals surface area (Å²) < 4.78 is 25.1. The molecule has 2 aromatic rings. The second-order valence-corrected chi connectivity index (χ2v) is 8.10. The van der Waals surface area contributed by atoms with Crippen molar-refractivity contribution in [2.75, 3.05) is 40.4 Å². The first-order valence-corrected chi connectivity index (χ1v) is 10.8. The highest BCUT2D eigenvalue weighted by atomic mass is 19.1. The summed E-state index contributed by atoms with van der Waals surface area (Å²) in [6.45, 7) is 5.15. The first kappa shape index (κ1) is 21.7. The van der Waals surface area contributed by atoms with E-state index in [1.54, 1.807) is 20.2 Å². The average Bonchev–Trinajstić information content (AvgIpc) is 3.22. The second-order valence-electron chi connectivity index (χ2n) is 8.10. The van der Waals surface area contributed by atoms with Gasteiger partial charge in [0.15, 0.2) is 5.96 Å². The summed E-state index contributed by atoms with van der Waals surface area (Å²) >= 11 is 0. The Morgan fingerprint density at radius 3 is 2.81 bits per heavy atom. The van der Waals surface area contributed by atoms with Crippen molar-refractivity contribution in [2.24, 2.45) is 4.99 Å². The van der Waals surface area contributed by atoms with Crippen LogP contribution in [0.5, 0.6) is 0 Å². The zero-order chi connectivity index (χ0) is 21.6. The van der Waals surface area contributed by atoms with Gasteiger partial charge in [0, 0.05) is 52.4 Å². The minimum absolute atomic E-state index is 0.176. The fourth-order valence-electron chi connectivity index (χ4n) is 4.46. The standard InChI is InChI=1S/C24H31FN4O2/c1-26-24(27-13-19-8-9-21(25)20(12-19)17-30-2)29-15-22-23(16-29)31-11-10-28(22)14-18-6-4-3-5-7-18/h3-9,12,22-23H,10-11,13-17H2,1-2H3,(H,26,27). The fraction of sp³-hybridized carbons (Fsp3) is 0.458. The molecule has 2 aliphatic rings. The number of guanidine groups is 1. The number of hydrogen-bond donors (Lipinski definition) is 1. The lowest BCUT2D eigenvalue weighted by molar-refractivity contribution is -0.0502. The van der Waals surface area contributed by atoms with Crippen molar-refractivity contribution in [2.45, 2.75) is 31.8 Å². The van der Waals surface area contributed by atoms with Crippen molar-refractivity contribution in [1.29, 1.82) is 0 Å². The quantitative estimate of drug-likeness (QED) is 0.569. The van der Waals surface area contributed by atoms with Crippen molar-refractivity contribution in [3.63, 3.8) is 0 Å². The maximum Gasteiger partial charge on any atom is 0.194 e. The van der Waals surface area contributed by atoms with Gasteiger partial charge in [-0.2, -0.15) is 0 Å². The van der Waals surface area contributed by atoms with Crippen LogP contribution in [0.3, 0.4) is 0 Å². The molecule has 2 aliphatic heterocycles. The molecule has 0 saturated carbocycles. The molecule has 0 spiro atoms. The zero-order valence-corrected chi connectivity index (χ0v) is 18.3. The fourth-order valence-corrected chi connectivity index (χ4v) is 4.46. The molecule has 4 rings (SSSR count). The number of benzene rings is 2. The van der Waals surface area contributed by atoms with Gasteiger partial charge in [-0.3, -0.25) is 9.89 Å². The van der Waals surface area contributed by atoms with Gasteiger partial charge in [0.2, 0.25) is 0 Å². The van der Waals surface area contributed by atoms with Gasteiger partial charge >= 0.3 is 0 Å². The van der Waals surface area contributed by atoms with Crippen molar-refractivity contribution in [3.8, 4) is 0 Å². The molecule has 0 aliphatic carbocycles. The van der Waals surface area contributed by atoms with Crippen LogP contribution in [-0.2, 0) is 29.2 Å². The summed E-state index contributed by atoms with van der Waals surface area (Å²) in [7, 11) is 3.37. The van der Waals surface area contributed by atoms with Crippen LogP contribution in [0.2, 0.25) is 0 Å². The number of ether oxygens (including phenoxy) is 2. The van der Waals surface area contributed by atoms with Crippen LogP contribution in [0.1, 0.15) is 16.7 Å². The summed E-state index contributed by atoms with van der Waals surface area (Å²) in [5.41, 5.74) is 2.88. The predicted octanol–water partition coefficient (Wildman–Crippen LogP) is 2.63. The first-order chi connectivity index (χ1) is 15.2. The van der Waals surface area contributed by atoms with Gasteiger partial charge in [-0.05, 0) is 23.3 Å². The SMILES string of the molecule is CN=C(NCc1ccc(F)c(COC)c1)N1CC2OCCN(Cc3ccccc3)C2C1. The maximum absolute atomic E-state index is 13.9. The number of nitrogens with zero attached hydrogens (tertiary/aromatic N) is 3. The highest BCUT2D eigenvalue weighted by Crippen LogP contribution is 2.24. The molecule has 7 heteroatoms. The molecule has 0 amide bonds. The second kappa shape index (κ2) is 10.2. The third-order valence-electron chi connectivity index (χ3n) is 6.02. The van der Waals surface area contributed by atoms with E-state index in [0.717, 1.165) is 44.3 Å². The number of hydrogen-bond acceptors (Lipinski definition) is 4. The average molecular weight is 427 g/mol. The molecule has 0 aromatic heterocycles. The molecule has 0 radical (unpaired) electrons. The summed E-state index contributed by atoms with van der Waals surface area (Å²) in [5, 5.41) is 3.43. The van der Waals surface area contributed by atoms with Crippen molar-refractivity contribution in [1.82, 2.24) is 15.1 Å². The lowest BCUT2D eigenvalue weighted by Crippen LogP contribution is -2.50. The van der Waals surface area contributed by atoms with Crippen molar-refractivity contribution >= 4 is 5.96 Å². The van der Waals surface area contributed by atoms with E-state index in [4.69, 9.17) is 9.47 Å². The molecule has 31 heavy (non-hydrogen) atoms. The minimum atomic E-state index is -0.241. The molecule has 166 valence electrons. The van der Waals surface area contributed by atoms with Crippen LogP contribution >= 0.6 is 0 Å². The van der Waals surface area contributed by atoms with Gasteiger partial charge < -0.3 is 19.7 Å². The van der Waals surface area contributed by atoms with Gasteiger partial charge in [0.25, 0.3) is 0 Å². The third kappa shape index (κ3) is 5.23. The number of aliphatic imine (C=N–C) groups is 1. The van der Waals surface area contributed by atoms with Crippen LogP contribution in [-0.4, -0.2) is 68.3 Å². The summed E-state index contributed by atoms with van der Waals surface area (Å²) in [6, 6.07) is 16.1. The Kier molecular flexibility index (Phi) is 7.17. The topological polar surface area (TPSA) is 49.3 Å². The van der Waals surface area contributed by atoms with E-state index in [9.17, 15) is 4.39 Å². The van der Waals surface area contributed by atoms with Gasteiger partial charge in [0.1, 0.15) is 5.82 Å². The van der Waals surface area contributed by atoms with Gasteiger partial charge in [0.05, 0.1) is 25.4 Å². The van der Waals surface area contributed by atoms with Gasteiger partial charge in [-0.15, -0.1) is 0 Å². The molecule has 2 saturated heterocycles. The van der Waals surface area contributed by atoms with Crippen LogP contribution < -0.4 is 5.32 Å². The number of morpholine rings is 1. The maximum atomic E-state index is 13.9. The van der Waals surface area contributed by atoms with Crippen molar-refractivity contribution < 1.29 is 13.9 Å². The number of likely N-dealkylation sites (tertiary alicyclic amines) is 1. The number of rotatable bonds is 6. The normalized spacial score (nSPS) is 21.9. The molecule has 2 atom stereocenters. The lowest BCUT2D eigenvalue weighted by Gasteiger charge is -2.36. The highest BCUT2D eigenvalue weighted by molar-refractivity contribution is 5.80. The highest BCUT2D eigenvalue weighted by Gasteiger charge is 2.41. The Morgan fingerprint density at radius 1 is 1.19 bits per heavy atom. The predicted molar refractivity (Wildman–Crippen MR) is 119 cm³/mol. The number of halogens is 1. The van der Waals surface area contributed by atoms with Crippen LogP contribution in [0, 0.1) is 5.82 Å². The zero-order valence-electron chi connectivity index (χ0n) is 18.3. The summed E-state index contributed by atoms with van der Waals surface area (Å²) in [4.78, 5) is 9.27. The van der Waals surface area contributed by atoms with Crippen LogP contribution in [0.25, 0.3) is 0 Å². The molecule has 0 bridgehead atoms. The molecule has 2 aromatic carbocycles. The van der Waals surface area contributed by atoms with Crippen molar-refractivity contribution in [3.05, 3.63) is 71.0 Å². The van der Waals surface area contributed by atoms with Crippen LogP contribution in [0.15, 0.2) is 53.5 Å². The van der Waals surface area contributed by atoms with E-state index in [-0.39, 0.29) is 18.5 Å². The lowest BCUT2D eigenvalue weighted by atomic mass is 10.1. The molecular formula is C24H31FN4O2. The molecule has 1 N–H and O–H groups in total. The number of nitrogens with one attached hydrogen (secondary N) is 1. The van der Waals surface area contributed by atoms with Crippen LogP contribution in [0.4, 0.5) is 4.39 Å². The van der Waals surface area contributed by atoms with E-state index in [2.05, 4.69) is 50.4 Å². The molecular weight excluding hydrogens is 395 g/mol. The van der Waals surface area contributed by atoms with E-state index < -0.39 is 0 Å². The van der Waals surface area contributed by atoms with E-state index in [1.165, 1.54) is 11.6 Å². The monoisotopic (exact) mass is 426 g/mol. The largest absolute Gasteiger partial charge is 0.380 e. The number of methoxy groups -OCH3 is 1. The number of fused-ring (bicyclic) bond motifs is 1. The van der Waals surface area contributed by atoms with E-state index >= 15 is 0 Å². The molecule has 2 fully saturated rings. The van der Waals surface area contributed by atoms with Gasteiger partial charge in [-0.25, -0.2) is 4.39 Å². The third-order valence-corrected chi connectivity index (χ3v) is 6.02. The Labute approximate surface area is 183 Å². The van der Waals surface area contributed by atoms with E-state index in [0.29, 0.717) is 18.2 Å². The van der Waals surface area contributed by atoms with Gasteiger partial charge in [-0.1, -0.05) is 36.4 Å². The molecule has 2 unspecified atom stereocenters. The Hall–Kier alpha value is -2.48.